The average molecular weight is 400 g/mol. The van der Waals surface area contributed by atoms with Crippen molar-refractivity contribution in [2.45, 2.75) is 26.9 Å². The molecule has 0 aliphatic heterocycles. The second kappa shape index (κ2) is 8.91. The third kappa shape index (κ3) is 5.12. The van der Waals surface area contributed by atoms with Crippen LogP contribution < -0.4 is 15.4 Å². The predicted molar refractivity (Wildman–Crippen MR) is 103 cm³/mol. The molecule has 0 amide bonds. The number of hydrogen-bond acceptors (Lipinski definition) is 5. The van der Waals surface area contributed by atoms with Gasteiger partial charge in [-0.2, -0.15) is 8.78 Å². The molecule has 1 aromatic carbocycles. The SMILES string of the molecule is CCc1cc(C(=O)OC)c(NC(=S)Nc2cc(C)ccc2OC(F)F)s1. The minimum absolute atomic E-state index is 0.0247. The normalized spacial score (nSPS) is 10.5. The Balaban J connectivity index is 2.21. The predicted octanol–water partition coefficient (Wildman–Crippen LogP) is 4.82. The highest BCUT2D eigenvalue weighted by Crippen LogP contribution is 2.31. The van der Waals surface area contributed by atoms with Crippen LogP contribution in [0.5, 0.6) is 5.75 Å². The second-order valence-electron chi connectivity index (χ2n) is 5.26. The molecule has 2 aromatic rings. The molecule has 140 valence electrons. The van der Waals surface area contributed by atoms with Crippen LogP contribution in [0.3, 0.4) is 0 Å². The molecule has 0 unspecified atom stereocenters. The molecule has 0 aliphatic carbocycles. The number of carbonyl (C=O) groups is 1. The van der Waals surface area contributed by atoms with Crippen molar-refractivity contribution in [2.75, 3.05) is 17.7 Å². The van der Waals surface area contributed by atoms with E-state index < -0.39 is 12.6 Å². The van der Waals surface area contributed by atoms with Crippen molar-refractivity contribution in [3.8, 4) is 5.75 Å². The van der Waals surface area contributed by atoms with Gasteiger partial charge in [0.1, 0.15) is 10.8 Å². The maximum atomic E-state index is 12.6. The number of nitrogens with one attached hydrogen (secondary N) is 2. The molecule has 1 heterocycles. The molecule has 2 N–H and O–H groups in total. The molecule has 0 spiro atoms. The van der Waals surface area contributed by atoms with Crippen molar-refractivity contribution in [2.24, 2.45) is 0 Å². The van der Waals surface area contributed by atoms with E-state index in [1.807, 2.05) is 13.8 Å². The number of benzene rings is 1. The zero-order valence-corrected chi connectivity index (χ0v) is 16.0. The number of anilines is 2. The van der Waals surface area contributed by atoms with E-state index in [0.29, 0.717) is 16.3 Å². The summed E-state index contributed by atoms with van der Waals surface area (Å²) in [6, 6.07) is 6.46. The Morgan fingerprint density at radius 2 is 2.04 bits per heavy atom. The zero-order chi connectivity index (χ0) is 19.3. The van der Waals surface area contributed by atoms with Gasteiger partial charge in [0.25, 0.3) is 0 Å². The van der Waals surface area contributed by atoms with Crippen molar-refractivity contribution in [1.82, 2.24) is 0 Å². The van der Waals surface area contributed by atoms with E-state index >= 15 is 0 Å². The number of alkyl halides is 2. The number of thiophene rings is 1. The molecule has 1 aromatic heterocycles. The number of ether oxygens (including phenoxy) is 2. The summed E-state index contributed by atoms with van der Waals surface area (Å²) in [7, 11) is 1.30. The summed E-state index contributed by atoms with van der Waals surface area (Å²) < 4.78 is 34.4. The highest BCUT2D eigenvalue weighted by atomic mass is 32.1. The molecule has 0 fully saturated rings. The molecule has 0 saturated carbocycles. The Morgan fingerprint density at radius 1 is 1.31 bits per heavy atom. The van der Waals surface area contributed by atoms with Crippen molar-refractivity contribution in [3.63, 3.8) is 0 Å². The highest BCUT2D eigenvalue weighted by Gasteiger charge is 2.18. The molecule has 0 saturated heterocycles. The molecule has 0 bridgehead atoms. The van der Waals surface area contributed by atoms with Crippen LogP contribution in [0, 0.1) is 6.92 Å². The molecule has 0 radical (unpaired) electrons. The van der Waals surface area contributed by atoms with Gasteiger partial charge in [-0.15, -0.1) is 11.3 Å². The number of carbonyl (C=O) groups excluding carboxylic acids is 1. The summed E-state index contributed by atoms with van der Waals surface area (Å²) in [5, 5.41) is 6.42. The average Bonchev–Trinajstić information content (AvgIpc) is 2.99. The monoisotopic (exact) mass is 400 g/mol. The molecular formula is C17H18F2N2O3S2. The number of hydrogen-bond donors (Lipinski definition) is 2. The lowest BCUT2D eigenvalue weighted by Crippen LogP contribution is -2.20. The fourth-order valence-electron chi connectivity index (χ4n) is 2.17. The summed E-state index contributed by atoms with van der Waals surface area (Å²) in [4.78, 5) is 12.9. The van der Waals surface area contributed by atoms with Crippen molar-refractivity contribution >= 4 is 45.3 Å². The van der Waals surface area contributed by atoms with Crippen molar-refractivity contribution in [3.05, 3.63) is 40.3 Å². The zero-order valence-electron chi connectivity index (χ0n) is 14.4. The smallest absolute Gasteiger partial charge is 0.387 e. The Hall–Kier alpha value is -2.26. The van der Waals surface area contributed by atoms with Gasteiger partial charge in [0, 0.05) is 4.88 Å². The summed E-state index contributed by atoms with van der Waals surface area (Å²) in [5.74, 6) is -0.508. The minimum Gasteiger partial charge on any atom is -0.465 e. The van der Waals surface area contributed by atoms with Gasteiger partial charge < -0.3 is 20.1 Å². The van der Waals surface area contributed by atoms with E-state index in [1.54, 1.807) is 18.2 Å². The Kier molecular flexibility index (Phi) is 6.87. The number of aryl methyl sites for hydroxylation is 2. The molecule has 5 nitrogen and oxygen atoms in total. The second-order valence-corrected chi connectivity index (χ2v) is 6.80. The lowest BCUT2D eigenvalue weighted by molar-refractivity contribution is -0.0493. The lowest BCUT2D eigenvalue weighted by atomic mass is 10.2. The summed E-state index contributed by atoms with van der Waals surface area (Å²) in [6.07, 6.45) is 0.751. The van der Waals surface area contributed by atoms with Crippen LogP contribution in [0.25, 0.3) is 0 Å². The van der Waals surface area contributed by atoms with Crippen LogP contribution in [0.1, 0.15) is 27.7 Å². The minimum atomic E-state index is -2.95. The summed E-state index contributed by atoms with van der Waals surface area (Å²) >= 11 is 6.62. The van der Waals surface area contributed by atoms with Crippen molar-refractivity contribution < 1.29 is 23.0 Å². The molecule has 0 atom stereocenters. The van der Waals surface area contributed by atoms with Gasteiger partial charge in [-0.3, -0.25) is 0 Å². The number of methoxy groups -OCH3 is 1. The third-order valence-electron chi connectivity index (χ3n) is 3.36. The number of halogens is 2. The van der Waals surface area contributed by atoms with E-state index in [2.05, 4.69) is 15.4 Å². The maximum Gasteiger partial charge on any atom is 0.387 e. The van der Waals surface area contributed by atoms with Gasteiger partial charge in [-0.05, 0) is 49.3 Å². The number of esters is 1. The van der Waals surface area contributed by atoms with Crippen LogP contribution in [-0.2, 0) is 11.2 Å². The summed E-state index contributed by atoms with van der Waals surface area (Å²) in [6.45, 7) is 0.833. The molecular weight excluding hydrogens is 382 g/mol. The molecule has 2 rings (SSSR count). The third-order valence-corrected chi connectivity index (χ3v) is 4.76. The first-order valence-electron chi connectivity index (χ1n) is 7.68. The first-order valence-corrected chi connectivity index (χ1v) is 8.91. The Morgan fingerprint density at radius 3 is 2.65 bits per heavy atom. The van der Waals surface area contributed by atoms with E-state index in [4.69, 9.17) is 17.0 Å². The van der Waals surface area contributed by atoms with Crippen LogP contribution >= 0.6 is 23.6 Å². The Bertz CT molecular complexity index is 809. The number of rotatable bonds is 6. The number of thiocarbonyl (C=S) groups is 1. The topological polar surface area (TPSA) is 59.6 Å². The first kappa shape index (κ1) is 20.1. The van der Waals surface area contributed by atoms with Gasteiger partial charge in [-0.25, -0.2) is 4.79 Å². The lowest BCUT2D eigenvalue weighted by Gasteiger charge is -2.15. The highest BCUT2D eigenvalue weighted by molar-refractivity contribution is 7.80. The van der Waals surface area contributed by atoms with E-state index in [-0.39, 0.29) is 10.9 Å². The quantitative estimate of drug-likeness (QED) is 0.536. The summed E-state index contributed by atoms with van der Waals surface area (Å²) in [5.41, 5.74) is 1.51. The Labute approximate surface area is 159 Å². The van der Waals surface area contributed by atoms with Crippen LogP contribution in [0.4, 0.5) is 19.5 Å². The van der Waals surface area contributed by atoms with Crippen LogP contribution in [0.15, 0.2) is 24.3 Å². The molecule has 26 heavy (non-hydrogen) atoms. The standard InChI is InChI=1S/C17H18F2N2O3S2/c1-4-10-8-11(15(22)23-3)14(26-10)21-17(25)20-12-7-9(2)5-6-13(12)24-16(18)19/h5-8,16H,4H2,1-3H3,(H2,20,21,25). The van der Waals surface area contributed by atoms with Gasteiger partial charge in [0.2, 0.25) is 0 Å². The maximum absolute atomic E-state index is 12.6. The van der Waals surface area contributed by atoms with E-state index in [0.717, 1.165) is 16.9 Å². The fraction of sp³-hybridized carbons (Fsp3) is 0.294. The first-order chi connectivity index (χ1) is 12.3. The van der Waals surface area contributed by atoms with Gasteiger partial charge in [0.05, 0.1) is 18.4 Å². The van der Waals surface area contributed by atoms with E-state index in [1.165, 1.54) is 24.5 Å². The van der Waals surface area contributed by atoms with Gasteiger partial charge in [0.15, 0.2) is 5.11 Å². The van der Waals surface area contributed by atoms with Gasteiger partial charge >= 0.3 is 12.6 Å². The van der Waals surface area contributed by atoms with Crippen LogP contribution in [0.2, 0.25) is 0 Å². The van der Waals surface area contributed by atoms with Crippen molar-refractivity contribution in [1.29, 1.82) is 0 Å². The van der Waals surface area contributed by atoms with Crippen LogP contribution in [-0.4, -0.2) is 24.8 Å². The van der Waals surface area contributed by atoms with E-state index in [9.17, 15) is 13.6 Å². The van der Waals surface area contributed by atoms with Gasteiger partial charge in [-0.1, -0.05) is 13.0 Å². The largest absolute Gasteiger partial charge is 0.465 e. The fourth-order valence-corrected chi connectivity index (χ4v) is 3.43. The molecule has 9 heteroatoms. The molecule has 0 aliphatic rings.